The predicted molar refractivity (Wildman–Crippen MR) is 139 cm³/mol. The third-order valence-corrected chi connectivity index (χ3v) is 6.98. The molecule has 2 heterocycles. The molecule has 1 unspecified atom stereocenters. The Morgan fingerprint density at radius 1 is 1.00 bits per heavy atom. The number of hydrogen-bond acceptors (Lipinski definition) is 8. The zero-order valence-corrected chi connectivity index (χ0v) is 20.9. The lowest BCUT2D eigenvalue weighted by molar-refractivity contribution is -0.115. The Bertz CT molecular complexity index is 1380. The summed E-state index contributed by atoms with van der Waals surface area (Å²) in [5.41, 5.74) is 3.68. The molecule has 0 aliphatic rings. The molecule has 4 aromatic rings. The van der Waals surface area contributed by atoms with Crippen molar-refractivity contribution in [2.75, 3.05) is 19.5 Å². The van der Waals surface area contributed by atoms with Gasteiger partial charge in [0.2, 0.25) is 5.91 Å². The molecule has 2 aromatic carbocycles. The number of rotatable bonds is 8. The van der Waals surface area contributed by atoms with Crippen LogP contribution in [0.2, 0.25) is 0 Å². The van der Waals surface area contributed by atoms with E-state index in [0.717, 1.165) is 28.3 Å². The van der Waals surface area contributed by atoms with Gasteiger partial charge in [-0.25, -0.2) is 9.97 Å². The van der Waals surface area contributed by atoms with Crippen molar-refractivity contribution in [1.82, 2.24) is 9.97 Å². The molecule has 7 nitrogen and oxygen atoms in total. The molecule has 0 spiro atoms. The standard InChI is InChI=1S/C26H22N4O3S2/c1-16(24(31)30-26-29-23(15-34-26)18-5-4-6-21(13-18)33-3)35-25-19(14-27)9-12-22(28-25)17-7-10-20(32-2)11-8-17/h4-13,15-16H,1-3H3,(H,29,30,31). The molecule has 176 valence electrons. The number of amides is 1. The van der Waals surface area contributed by atoms with E-state index in [-0.39, 0.29) is 5.91 Å². The summed E-state index contributed by atoms with van der Waals surface area (Å²) >= 11 is 2.59. The summed E-state index contributed by atoms with van der Waals surface area (Å²) in [6.07, 6.45) is 0. The third-order valence-electron chi connectivity index (χ3n) is 5.12. The van der Waals surface area contributed by atoms with Gasteiger partial charge in [-0.1, -0.05) is 23.9 Å². The maximum absolute atomic E-state index is 12.9. The molecule has 9 heteroatoms. The van der Waals surface area contributed by atoms with Crippen molar-refractivity contribution in [2.45, 2.75) is 17.2 Å². The highest BCUT2D eigenvalue weighted by molar-refractivity contribution is 8.00. The molecule has 0 saturated heterocycles. The van der Waals surface area contributed by atoms with Gasteiger partial charge in [-0.3, -0.25) is 4.79 Å². The molecule has 0 bridgehead atoms. The Hall–Kier alpha value is -3.87. The Kier molecular flexibility index (Phi) is 7.65. The Balaban J connectivity index is 1.47. The average Bonchev–Trinajstić information content (AvgIpc) is 3.37. The number of carbonyl (C=O) groups excluding carboxylic acids is 1. The smallest absolute Gasteiger partial charge is 0.239 e. The number of benzene rings is 2. The lowest BCUT2D eigenvalue weighted by Gasteiger charge is -2.12. The predicted octanol–water partition coefficient (Wildman–Crippen LogP) is 5.88. The highest BCUT2D eigenvalue weighted by atomic mass is 32.2. The van der Waals surface area contributed by atoms with Gasteiger partial charge in [0.05, 0.1) is 36.4 Å². The number of hydrogen-bond donors (Lipinski definition) is 1. The first-order valence-corrected chi connectivity index (χ1v) is 12.4. The molecule has 0 saturated carbocycles. The quantitative estimate of drug-likeness (QED) is 0.301. The monoisotopic (exact) mass is 502 g/mol. The molecular weight excluding hydrogens is 480 g/mol. The fourth-order valence-corrected chi connectivity index (χ4v) is 4.83. The Morgan fingerprint density at radius 2 is 1.77 bits per heavy atom. The number of thioether (sulfide) groups is 1. The average molecular weight is 503 g/mol. The second-order valence-electron chi connectivity index (χ2n) is 7.41. The van der Waals surface area contributed by atoms with E-state index in [2.05, 4.69) is 21.4 Å². The third kappa shape index (κ3) is 5.80. The molecule has 1 N–H and O–H groups in total. The zero-order valence-electron chi connectivity index (χ0n) is 19.3. The van der Waals surface area contributed by atoms with Crippen molar-refractivity contribution < 1.29 is 14.3 Å². The summed E-state index contributed by atoms with van der Waals surface area (Å²) < 4.78 is 10.5. The maximum atomic E-state index is 12.9. The summed E-state index contributed by atoms with van der Waals surface area (Å²) in [5.74, 6) is 1.27. The number of thiazole rings is 1. The van der Waals surface area contributed by atoms with E-state index in [1.165, 1.54) is 23.1 Å². The number of nitrogens with zero attached hydrogens (tertiary/aromatic N) is 3. The topological polar surface area (TPSA) is 97.1 Å². The molecular formula is C26H22N4O3S2. The molecule has 35 heavy (non-hydrogen) atoms. The van der Waals surface area contributed by atoms with Crippen LogP contribution >= 0.6 is 23.1 Å². The summed E-state index contributed by atoms with van der Waals surface area (Å²) in [5, 5.41) is 14.8. The SMILES string of the molecule is COc1ccc(-c2ccc(C#N)c(SC(C)C(=O)Nc3nc(-c4cccc(OC)c4)cs3)n2)cc1. The van der Waals surface area contributed by atoms with E-state index in [1.807, 2.05) is 53.9 Å². The van der Waals surface area contributed by atoms with Crippen LogP contribution in [-0.4, -0.2) is 35.3 Å². The van der Waals surface area contributed by atoms with Crippen molar-refractivity contribution in [3.8, 4) is 40.1 Å². The fourth-order valence-electron chi connectivity index (χ4n) is 3.21. The molecule has 0 aliphatic carbocycles. The van der Waals surface area contributed by atoms with E-state index >= 15 is 0 Å². The number of carbonyl (C=O) groups is 1. The van der Waals surface area contributed by atoms with Gasteiger partial charge >= 0.3 is 0 Å². The zero-order chi connectivity index (χ0) is 24.8. The molecule has 1 atom stereocenters. The van der Waals surface area contributed by atoms with Crippen molar-refractivity contribution in [3.63, 3.8) is 0 Å². The minimum absolute atomic E-state index is 0.220. The first-order valence-electron chi connectivity index (χ1n) is 10.6. The van der Waals surface area contributed by atoms with E-state index in [9.17, 15) is 10.1 Å². The van der Waals surface area contributed by atoms with Crippen LogP contribution in [0.15, 0.2) is 71.1 Å². The van der Waals surface area contributed by atoms with Gasteiger partial charge in [0.1, 0.15) is 22.6 Å². The van der Waals surface area contributed by atoms with Crippen LogP contribution in [0.3, 0.4) is 0 Å². The van der Waals surface area contributed by atoms with Gasteiger partial charge in [-0.15, -0.1) is 11.3 Å². The second kappa shape index (κ2) is 11.0. The largest absolute Gasteiger partial charge is 0.497 e. The van der Waals surface area contributed by atoms with Crippen LogP contribution in [0.25, 0.3) is 22.5 Å². The lowest BCUT2D eigenvalue weighted by Crippen LogP contribution is -2.22. The van der Waals surface area contributed by atoms with Crippen molar-refractivity contribution >= 4 is 34.1 Å². The van der Waals surface area contributed by atoms with E-state index in [1.54, 1.807) is 33.3 Å². The maximum Gasteiger partial charge on any atom is 0.239 e. The number of anilines is 1. The van der Waals surface area contributed by atoms with Gasteiger partial charge < -0.3 is 14.8 Å². The van der Waals surface area contributed by atoms with Crippen LogP contribution in [-0.2, 0) is 4.79 Å². The van der Waals surface area contributed by atoms with Gasteiger partial charge in [0.15, 0.2) is 5.13 Å². The second-order valence-corrected chi connectivity index (χ2v) is 9.60. The van der Waals surface area contributed by atoms with Gasteiger partial charge in [0.25, 0.3) is 0 Å². The number of pyridine rings is 1. The van der Waals surface area contributed by atoms with Crippen LogP contribution in [0.1, 0.15) is 12.5 Å². The minimum atomic E-state index is -0.495. The van der Waals surface area contributed by atoms with Gasteiger partial charge in [-0.05, 0) is 55.5 Å². The number of ether oxygens (including phenoxy) is 2. The molecule has 0 fully saturated rings. The van der Waals surface area contributed by atoms with Crippen LogP contribution in [0.5, 0.6) is 11.5 Å². The summed E-state index contributed by atoms with van der Waals surface area (Å²) in [6, 6.07) is 20.8. The summed E-state index contributed by atoms with van der Waals surface area (Å²) in [7, 11) is 3.23. The lowest BCUT2D eigenvalue weighted by atomic mass is 10.1. The highest BCUT2D eigenvalue weighted by Crippen LogP contribution is 2.31. The summed E-state index contributed by atoms with van der Waals surface area (Å²) in [6.45, 7) is 1.78. The minimum Gasteiger partial charge on any atom is -0.497 e. The van der Waals surface area contributed by atoms with Gasteiger partial charge in [0, 0.05) is 16.5 Å². The van der Waals surface area contributed by atoms with Gasteiger partial charge in [-0.2, -0.15) is 5.26 Å². The number of aromatic nitrogens is 2. The number of nitriles is 1. The molecule has 1 amide bonds. The number of nitrogens with one attached hydrogen (secondary N) is 1. The van der Waals surface area contributed by atoms with Crippen LogP contribution < -0.4 is 14.8 Å². The Labute approximate surface area is 211 Å². The van der Waals surface area contributed by atoms with Crippen LogP contribution in [0, 0.1) is 11.3 Å². The van der Waals surface area contributed by atoms with Crippen LogP contribution in [0.4, 0.5) is 5.13 Å². The highest BCUT2D eigenvalue weighted by Gasteiger charge is 2.20. The Morgan fingerprint density at radius 3 is 2.49 bits per heavy atom. The summed E-state index contributed by atoms with van der Waals surface area (Å²) in [4.78, 5) is 22.1. The number of methoxy groups -OCH3 is 2. The van der Waals surface area contributed by atoms with E-state index in [4.69, 9.17) is 9.47 Å². The molecule has 0 aliphatic heterocycles. The molecule has 0 radical (unpaired) electrons. The van der Waals surface area contributed by atoms with Crippen molar-refractivity contribution in [1.29, 1.82) is 5.26 Å². The molecule has 4 rings (SSSR count). The molecule has 2 aromatic heterocycles. The first-order chi connectivity index (χ1) is 17.0. The first kappa shape index (κ1) is 24.3. The van der Waals surface area contributed by atoms with E-state index in [0.29, 0.717) is 21.4 Å². The van der Waals surface area contributed by atoms with Crippen molar-refractivity contribution in [2.24, 2.45) is 0 Å². The normalized spacial score (nSPS) is 11.4. The van der Waals surface area contributed by atoms with Crippen molar-refractivity contribution in [3.05, 3.63) is 71.6 Å². The van der Waals surface area contributed by atoms with E-state index < -0.39 is 5.25 Å². The fraction of sp³-hybridized carbons (Fsp3) is 0.154.